The predicted molar refractivity (Wildman–Crippen MR) is 82.9 cm³/mol. The van der Waals surface area contributed by atoms with Crippen LogP contribution in [0.15, 0.2) is 42.5 Å². The number of rotatable bonds is 6. The summed E-state index contributed by atoms with van der Waals surface area (Å²) in [5.74, 6) is 1.66. The van der Waals surface area contributed by atoms with E-state index in [2.05, 4.69) is 5.32 Å². The minimum atomic E-state index is 0.608. The molecule has 4 heteroatoms. The summed E-state index contributed by atoms with van der Waals surface area (Å²) in [6.45, 7) is 3.25. The van der Waals surface area contributed by atoms with E-state index in [1.807, 2.05) is 49.4 Å². The molecule has 0 saturated heterocycles. The molecule has 0 aromatic heterocycles. The zero-order chi connectivity index (χ0) is 14.4. The Morgan fingerprint density at radius 2 is 1.85 bits per heavy atom. The second-order valence-electron chi connectivity index (χ2n) is 4.23. The Labute approximate surface area is 124 Å². The standard InChI is InChI=1S/C16H18ClNO2/c1-3-20-13-9-7-12(8-10-13)18-11-14-15(17)5-4-6-16(14)19-2/h4-10,18H,3,11H2,1-2H3. The van der Waals surface area contributed by atoms with Crippen molar-refractivity contribution in [3.05, 3.63) is 53.1 Å². The first-order valence-electron chi connectivity index (χ1n) is 6.52. The van der Waals surface area contributed by atoms with Gasteiger partial charge >= 0.3 is 0 Å². The normalized spacial score (nSPS) is 10.2. The van der Waals surface area contributed by atoms with Crippen LogP contribution >= 0.6 is 11.6 Å². The van der Waals surface area contributed by atoms with Crippen LogP contribution in [0.3, 0.4) is 0 Å². The molecule has 2 aromatic carbocycles. The summed E-state index contributed by atoms with van der Waals surface area (Å²) in [6, 6.07) is 13.5. The summed E-state index contributed by atoms with van der Waals surface area (Å²) >= 11 is 6.20. The first kappa shape index (κ1) is 14.5. The van der Waals surface area contributed by atoms with Crippen LogP contribution in [0.4, 0.5) is 5.69 Å². The lowest BCUT2D eigenvalue weighted by atomic mass is 10.2. The van der Waals surface area contributed by atoms with E-state index in [0.29, 0.717) is 18.2 Å². The fraction of sp³-hybridized carbons (Fsp3) is 0.250. The number of hydrogen-bond acceptors (Lipinski definition) is 3. The van der Waals surface area contributed by atoms with E-state index in [1.165, 1.54) is 0 Å². The van der Waals surface area contributed by atoms with Crippen molar-refractivity contribution in [2.45, 2.75) is 13.5 Å². The maximum atomic E-state index is 6.20. The lowest BCUT2D eigenvalue weighted by molar-refractivity contribution is 0.340. The molecule has 2 rings (SSSR count). The van der Waals surface area contributed by atoms with E-state index in [9.17, 15) is 0 Å². The van der Waals surface area contributed by atoms with Crippen molar-refractivity contribution in [3.63, 3.8) is 0 Å². The zero-order valence-corrected chi connectivity index (χ0v) is 12.4. The Balaban J connectivity index is 2.05. The molecule has 1 N–H and O–H groups in total. The third-order valence-corrected chi connectivity index (χ3v) is 3.28. The highest BCUT2D eigenvalue weighted by Gasteiger charge is 2.07. The third-order valence-electron chi connectivity index (χ3n) is 2.93. The fourth-order valence-electron chi connectivity index (χ4n) is 1.93. The van der Waals surface area contributed by atoms with Gasteiger partial charge in [-0.15, -0.1) is 0 Å². The molecule has 2 aromatic rings. The van der Waals surface area contributed by atoms with Gasteiger partial charge in [0.05, 0.1) is 13.7 Å². The van der Waals surface area contributed by atoms with E-state index >= 15 is 0 Å². The van der Waals surface area contributed by atoms with E-state index in [-0.39, 0.29) is 0 Å². The van der Waals surface area contributed by atoms with Gasteiger partial charge in [-0.25, -0.2) is 0 Å². The number of ether oxygens (including phenoxy) is 2. The highest BCUT2D eigenvalue weighted by atomic mass is 35.5. The van der Waals surface area contributed by atoms with Crippen LogP contribution in [0.1, 0.15) is 12.5 Å². The van der Waals surface area contributed by atoms with Gasteiger partial charge in [0.25, 0.3) is 0 Å². The molecule has 0 amide bonds. The van der Waals surface area contributed by atoms with Crippen LogP contribution in [-0.4, -0.2) is 13.7 Å². The maximum Gasteiger partial charge on any atom is 0.125 e. The molecule has 20 heavy (non-hydrogen) atoms. The van der Waals surface area contributed by atoms with Gasteiger partial charge in [-0.2, -0.15) is 0 Å². The molecular formula is C16H18ClNO2. The molecule has 0 aliphatic rings. The zero-order valence-electron chi connectivity index (χ0n) is 11.7. The van der Waals surface area contributed by atoms with Crippen LogP contribution in [0, 0.1) is 0 Å². The molecule has 0 saturated carbocycles. The van der Waals surface area contributed by atoms with E-state index < -0.39 is 0 Å². The Hall–Kier alpha value is -1.87. The Bertz CT molecular complexity index is 555. The summed E-state index contributed by atoms with van der Waals surface area (Å²) in [5.41, 5.74) is 1.96. The van der Waals surface area contributed by atoms with Gasteiger partial charge in [-0.1, -0.05) is 17.7 Å². The van der Waals surface area contributed by atoms with Crippen LogP contribution in [0.2, 0.25) is 5.02 Å². The van der Waals surface area contributed by atoms with Gasteiger partial charge in [-0.3, -0.25) is 0 Å². The summed E-state index contributed by atoms with van der Waals surface area (Å²) in [7, 11) is 1.64. The minimum Gasteiger partial charge on any atom is -0.496 e. The van der Waals surface area contributed by atoms with E-state index in [0.717, 1.165) is 22.7 Å². The van der Waals surface area contributed by atoms with Gasteiger partial charge in [-0.05, 0) is 43.3 Å². The highest BCUT2D eigenvalue weighted by molar-refractivity contribution is 6.31. The lowest BCUT2D eigenvalue weighted by Gasteiger charge is -2.12. The topological polar surface area (TPSA) is 30.5 Å². The maximum absolute atomic E-state index is 6.20. The van der Waals surface area contributed by atoms with Crippen molar-refractivity contribution in [2.24, 2.45) is 0 Å². The number of methoxy groups -OCH3 is 1. The molecule has 0 fully saturated rings. The van der Waals surface area contributed by atoms with Gasteiger partial charge in [0, 0.05) is 22.8 Å². The number of benzene rings is 2. The van der Waals surface area contributed by atoms with Gasteiger partial charge in [0.2, 0.25) is 0 Å². The summed E-state index contributed by atoms with van der Waals surface area (Å²) in [6.07, 6.45) is 0. The third kappa shape index (κ3) is 3.58. The van der Waals surface area contributed by atoms with Crippen LogP contribution in [0.5, 0.6) is 11.5 Å². The summed E-state index contributed by atoms with van der Waals surface area (Å²) < 4.78 is 10.7. The number of halogens is 1. The van der Waals surface area contributed by atoms with Crippen LogP contribution in [0.25, 0.3) is 0 Å². The average molecular weight is 292 g/mol. The Kier molecular flexibility index (Phi) is 5.13. The minimum absolute atomic E-state index is 0.608. The Morgan fingerprint density at radius 3 is 2.50 bits per heavy atom. The first-order chi connectivity index (χ1) is 9.74. The SMILES string of the molecule is CCOc1ccc(NCc2c(Cl)cccc2OC)cc1. The number of nitrogens with one attached hydrogen (secondary N) is 1. The molecule has 0 spiro atoms. The van der Waals surface area contributed by atoms with Crippen molar-refractivity contribution in [3.8, 4) is 11.5 Å². The van der Waals surface area contributed by atoms with Crippen molar-refractivity contribution < 1.29 is 9.47 Å². The molecule has 0 heterocycles. The van der Waals surface area contributed by atoms with Gasteiger partial charge in [0.1, 0.15) is 11.5 Å². The molecule has 0 unspecified atom stereocenters. The number of hydrogen-bond donors (Lipinski definition) is 1. The molecule has 0 aliphatic heterocycles. The highest BCUT2D eigenvalue weighted by Crippen LogP contribution is 2.27. The van der Waals surface area contributed by atoms with Crippen LogP contribution < -0.4 is 14.8 Å². The quantitative estimate of drug-likeness (QED) is 0.858. The molecule has 0 bridgehead atoms. The molecule has 0 atom stereocenters. The smallest absolute Gasteiger partial charge is 0.125 e. The first-order valence-corrected chi connectivity index (χ1v) is 6.90. The van der Waals surface area contributed by atoms with Gasteiger partial charge in [0.15, 0.2) is 0 Å². The van der Waals surface area contributed by atoms with E-state index in [4.69, 9.17) is 21.1 Å². The summed E-state index contributed by atoms with van der Waals surface area (Å²) in [4.78, 5) is 0. The van der Waals surface area contributed by atoms with Crippen molar-refractivity contribution in [2.75, 3.05) is 19.0 Å². The van der Waals surface area contributed by atoms with Crippen molar-refractivity contribution in [1.29, 1.82) is 0 Å². The predicted octanol–water partition coefficient (Wildman–Crippen LogP) is 4.36. The van der Waals surface area contributed by atoms with Crippen molar-refractivity contribution >= 4 is 17.3 Å². The molecular weight excluding hydrogens is 274 g/mol. The summed E-state index contributed by atoms with van der Waals surface area (Å²) in [5, 5.41) is 4.02. The molecule has 3 nitrogen and oxygen atoms in total. The van der Waals surface area contributed by atoms with E-state index in [1.54, 1.807) is 7.11 Å². The molecule has 0 aliphatic carbocycles. The largest absolute Gasteiger partial charge is 0.496 e. The second-order valence-corrected chi connectivity index (χ2v) is 4.64. The van der Waals surface area contributed by atoms with Crippen molar-refractivity contribution in [1.82, 2.24) is 0 Å². The fourth-order valence-corrected chi connectivity index (χ4v) is 2.16. The average Bonchev–Trinajstić information content (AvgIpc) is 2.47. The second kappa shape index (κ2) is 7.06. The molecule has 106 valence electrons. The monoisotopic (exact) mass is 291 g/mol. The Morgan fingerprint density at radius 1 is 1.10 bits per heavy atom. The van der Waals surface area contributed by atoms with Gasteiger partial charge < -0.3 is 14.8 Å². The number of anilines is 1. The molecule has 0 radical (unpaired) electrons. The van der Waals surface area contributed by atoms with Crippen LogP contribution in [-0.2, 0) is 6.54 Å². The lowest BCUT2D eigenvalue weighted by Crippen LogP contribution is -2.02.